The molecular formula is C15H19Cl2N5O2. The van der Waals surface area contributed by atoms with Gasteiger partial charge in [0.1, 0.15) is 0 Å². The van der Waals surface area contributed by atoms with E-state index in [1.54, 1.807) is 19.2 Å². The van der Waals surface area contributed by atoms with Crippen LogP contribution in [0.4, 0.5) is 4.79 Å². The van der Waals surface area contributed by atoms with Crippen molar-refractivity contribution in [1.29, 1.82) is 0 Å². The number of aliphatic imine (C=N–C) groups is 1. The highest BCUT2D eigenvalue weighted by Gasteiger charge is 2.27. The lowest BCUT2D eigenvalue weighted by Crippen LogP contribution is -2.43. The average molecular weight is 372 g/mol. The van der Waals surface area contributed by atoms with Crippen molar-refractivity contribution in [2.24, 2.45) is 4.99 Å². The third-order valence-electron chi connectivity index (χ3n) is 3.57. The SMILES string of the molecule is CN=C(NCCN1C(=O)CNC1=O)NC(C)c1ccc(Cl)cc1Cl. The molecule has 0 bridgehead atoms. The summed E-state index contributed by atoms with van der Waals surface area (Å²) in [5.74, 6) is 0.312. The first-order chi connectivity index (χ1) is 11.4. The molecule has 24 heavy (non-hydrogen) atoms. The van der Waals surface area contributed by atoms with E-state index in [1.165, 1.54) is 4.90 Å². The zero-order chi connectivity index (χ0) is 17.7. The van der Waals surface area contributed by atoms with Crippen LogP contribution in [0.15, 0.2) is 23.2 Å². The normalized spacial score (nSPS) is 16.2. The molecule has 1 fully saturated rings. The maximum absolute atomic E-state index is 11.5. The minimum absolute atomic E-state index is 0.0535. The molecule has 0 spiro atoms. The predicted octanol–water partition coefficient (Wildman–Crippen LogP) is 1.77. The monoisotopic (exact) mass is 371 g/mol. The molecule has 3 N–H and O–H groups in total. The van der Waals surface area contributed by atoms with E-state index in [0.717, 1.165) is 5.56 Å². The van der Waals surface area contributed by atoms with Gasteiger partial charge in [-0.2, -0.15) is 0 Å². The Balaban J connectivity index is 1.88. The lowest BCUT2D eigenvalue weighted by Gasteiger charge is -2.20. The van der Waals surface area contributed by atoms with Crippen LogP contribution in [0, 0.1) is 0 Å². The number of guanidine groups is 1. The van der Waals surface area contributed by atoms with Crippen molar-refractivity contribution in [2.75, 3.05) is 26.7 Å². The molecule has 1 aliphatic rings. The van der Waals surface area contributed by atoms with Crippen LogP contribution in [0.2, 0.25) is 10.0 Å². The number of rotatable bonds is 5. The summed E-state index contributed by atoms with van der Waals surface area (Å²) < 4.78 is 0. The second kappa shape index (κ2) is 8.21. The molecule has 130 valence electrons. The molecule has 1 atom stereocenters. The Hall–Kier alpha value is -1.99. The van der Waals surface area contributed by atoms with Gasteiger partial charge in [-0.15, -0.1) is 0 Å². The van der Waals surface area contributed by atoms with Crippen LogP contribution in [0.1, 0.15) is 18.5 Å². The highest BCUT2D eigenvalue weighted by Crippen LogP contribution is 2.25. The Labute approximate surface area is 150 Å². The van der Waals surface area contributed by atoms with Crippen molar-refractivity contribution in [3.8, 4) is 0 Å². The fourth-order valence-electron chi connectivity index (χ4n) is 2.30. The lowest BCUT2D eigenvalue weighted by molar-refractivity contribution is -0.124. The predicted molar refractivity (Wildman–Crippen MR) is 94.5 cm³/mol. The van der Waals surface area contributed by atoms with E-state index in [2.05, 4.69) is 20.9 Å². The van der Waals surface area contributed by atoms with Gasteiger partial charge in [-0.1, -0.05) is 29.3 Å². The molecule has 1 aromatic rings. The molecule has 1 aliphatic heterocycles. The summed E-state index contributed by atoms with van der Waals surface area (Å²) in [6, 6.07) is 4.84. The third kappa shape index (κ3) is 4.52. The number of benzene rings is 1. The summed E-state index contributed by atoms with van der Waals surface area (Å²) in [5.41, 5.74) is 0.887. The Morgan fingerprint density at radius 3 is 2.75 bits per heavy atom. The van der Waals surface area contributed by atoms with Crippen LogP contribution in [0.25, 0.3) is 0 Å². The van der Waals surface area contributed by atoms with Crippen molar-refractivity contribution >= 4 is 41.1 Å². The third-order valence-corrected chi connectivity index (χ3v) is 4.13. The lowest BCUT2D eigenvalue weighted by atomic mass is 10.1. The summed E-state index contributed by atoms with van der Waals surface area (Å²) in [7, 11) is 1.64. The summed E-state index contributed by atoms with van der Waals surface area (Å²) in [6.45, 7) is 2.65. The van der Waals surface area contributed by atoms with Crippen LogP contribution >= 0.6 is 23.2 Å². The van der Waals surface area contributed by atoms with E-state index >= 15 is 0 Å². The van der Waals surface area contributed by atoms with Gasteiger partial charge in [-0.3, -0.25) is 14.7 Å². The first-order valence-electron chi connectivity index (χ1n) is 7.42. The summed E-state index contributed by atoms with van der Waals surface area (Å²) in [5, 5.41) is 9.88. The summed E-state index contributed by atoms with van der Waals surface area (Å²) in [4.78, 5) is 28.2. The first kappa shape index (κ1) is 18.4. The Bertz CT molecular complexity index is 649. The molecular weight excluding hydrogens is 353 g/mol. The highest BCUT2D eigenvalue weighted by molar-refractivity contribution is 6.35. The molecule has 1 heterocycles. The number of halogens is 2. The zero-order valence-electron chi connectivity index (χ0n) is 13.4. The van der Waals surface area contributed by atoms with Gasteiger partial charge < -0.3 is 16.0 Å². The molecule has 1 aromatic carbocycles. The van der Waals surface area contributed by atoms with E-state index < -0.39 is 0 Å². The zero-order valence-corrected chi connectivity index (χ0v) is 14.9. The number of carbonyl (C=O) groups is 2. The van der Waals surface area contributed by atoms with Gasteiger partial charge in [0, 0.05) is 30.2 Å². The quantitative estimate of drug-likeness (QED) is 0.418. The van der Waals surface area contributed by atoms with Crippen LogP contribution in [0.3, 0.4) is 0 Å². The average Bonchev–Trinajstić information content (AvgIpc) is 2.85. The number of nitrogens with one attached hydrogen (secondary N) is 3. The molecule has 0 aromatic heterocycles. The largest absolute Gasteiger partial charge is 0.355 e. The van der Waals surface area contributed by atoms with Crippen LogP contribution in [0.5, 0.6) is 0 Å². The molecule has 0 aliphatic carbocycles. The van der Waals surface area contributed by atoms with E-state index in [4.69, 9.17) is 23.2 Å². The van der Waals surface area contributed by atoms with Crippen LogP contribution in [-0.2, 0) is 4.79 Å². The number of hydrogen-bond donors (Lipinski definition) is 3. The minimum atomic E-state index is -0.369. The van der Waals surface area contributed by atoms with Gasteiger partial charge in [0.25, 0.3) is 0 Å². The smallest absolute Gasteiger partial charge is 0.324 e. The number of urea groups is 1. The van der Waals surface area contributed by atoms with Gasteiger partial charge >= 0.3 is 6.03 Å². The van der Waals surface area contributed by atoms with Crippen molar-refractivity contribution in [3.63, 3.8) is 0 Å². The summed E-state index contributed by atoms with van der Waals surface area (Å²) in [6.07, 6.45) is 0. The number of amides is 3. The first-order valence-corrected chi connectivity index (χ1v) is 8.18. The second-order valence-corrected chi connectivity index (χ2v) is 6.08. The topological polar surface area (TPSA) is 85.8 Å². The molecule has 3 amide bonds. The van der Waals surface area contributed by atoms with Gasteiger partial charge in [0.2, 0.25) is 5.91 Å². The van der Waals surface area contributed by atoms with E-state index in [-0.39, 0.29) is 31.1 Å². The molecule has 0 saturated carbocycles. The molecule has 1 unspecified atom stereocenters. The van der Waals surface area contributed by atoms with Crippen LogP contribution < -0.4 is 16.0 Å². The van der Waals surface area contributed by atoms with Gasteiger partial charge in [0.15, 0.2) is 5.96 Å². The van der Waals surface area contributed by atoms with E-state index in [9.17, 15) is 9.59 Å². The Morgan fingerprint density at radius 1 is 1.42 bits per heavy atom. The van der Waals surface area contributed by atoms with Gasteiger partial charge in [0.05, 0.1) is 12.6 Å². The fourth-order valence-corrected chi connectivity index (χ4v) is 2.87. The molecule has 9 heteroatoms. The number of nitrogens with zero attached hydrogens (tertiary/aromatic N) is 2. The van der Waals surface area contributed by atoms with E-state index in [1.807, 2.05) is 13.0 Å². The van der Waals surface area contributed by atoms with E-state index in [0.29, 0.717) is 22.5 Å². The molecule has 1 saturated heterocycles. The number of imide groups is 1. The molecule has 2 rings (SSSR count). The van der Waals surface area contributed by atoms with Crippen molar-refractivity contribution in [2.45, 2.75) is 13.0 Å². The van der Waals surface area contributed by atoms with Crippen molar-refractivity contribution < 1.29 is 9.59 Å². The van der Waals surface area contributed by atoms with Gasteiger partial charge in [-0.05, 0) is 24.6 Å². The standard InChI is InChI=1S/C15H19Cl2N5O2/c1-9(11-4-3-10(16)7-12(11)17)21-14(18-2)19-5-6-22-13(23)8-20-15(22)24/h3-4,7,9H,5-6,8H2,1-2H3,(H,20,24)(H2,18,19,21). The fraction of sp³-hybridized carbons (Fsp3) is 0.400. The maximum Gasteiger partial charge on any atom is 0.324 e. The Kier molecular flexibility index (Phi) is 6.28. The highest BCUT2D eigenvalue weighted by atomic mass is 35.5. The van der Waals surface area contributed by atoms with Crippen LogP contribution in [-0.4, -0.2) is 49.5 Å². The minimum Gasteiger partial charge on any atom is -0.355 e. The number of hydrogen-bond acceptors (Lipinski definition) is 3. The van der Waals surface area contributed by atoms with Gasteiger partial charge in [-0.25, -0.2) is 4.79 Å². The Morgan fingerprint density at radius 2 is 2.17 bits per heavy atom. The van der Waals surface area contributed by atoms with Crippen molar-refractivity contribution in [3.05, 3.63) is 33.8 Å². The van der Waals surface area contributed by atoms with Crippen molar-refractivity contribution in [1.82, 2.24) is 20.9 Å². The number of carbonyl (C=O) groups excluding carboxylic acids is 2. The molecule has 7 nitrogen and oxygen atoms in total. The summed E-state index contributed by atoms with van der Waals surface area (Å²) >= 11 is 12.1. The molecule has 0 radical (unpaired) electrons. The second-order valence-electron chi connectivity index (χ2n) is 5.23. The maximum atomic E-state index is 11.5.